The fraction of sp³-hybridized carbons (Fsp3) is 0.182. The Morgan fingerprint density at radius 3 is 2.88 bits per heavy atom. The van der Waals surface area contributed by atoms with Crippen LogP contribution in [0, 0.1) is 0 Å². The van der Waals surface area contributed by atoms with Gasteiger partial charge in [-0.1, -0.05) is 0 Å². The average Bonchev–Trinajstić information content (AvgIpc) is 2.34. The molecule has 1 heterocycles. The monoisotopic (exact) mass is 364 g/mol. The highest BCUT2D eigenvalue weighted by Gasteiger charge is 2.00. The molecule has 0 amide bonds. The van der Waals surface area contributed by atoms with Crippen molar-refractivity contribution < 1.29 is 13.3 Å². The summed E-state index contributed by atoms with van der Waals surface area (Å²) in [6, 6.07) is 8.50. The van der Waals surface area contributed by atoms with Crippen LogP contribution in [-0.2, 0) is 4.18 Å². The topological polar surface area (TPSA) is 48.7 Å². The number of ether oxygens (including phenoxy) is 1. The molecule has 2 rings (SSSR count). The van der Waals surface area contributed by atoms with Crippen LogP contribution >= 0.6 is 30.4 Å². The van der Waals surface area contributed by atoms with E-state index in [1.807, 2.05) is 33.3 Å². The van der Waals surface area contributed by atoms with E-state index in [-0.39, 0.29) is 5.63 Å². The number of rotatable bonds is 5. The number of hydrogen-bond donors (Lipinski definition) is 0. The third kappa shape index (κ3) is 3.62. The predicted molar refractivity (Wildman–Crippen MR) is 75.5 cm³/mol. The molecule has 0 spiro atoms. The minimum absolute atomic E-state index is 0.362. The molecule has 0 fully saturated rings. The summed E-state index contributed by atoms with van der Waals surface area (Å²) in [6.45, 7) is 0.961. The van der Waals surface area contributed by atoms with Crippen molar-refractivity contribution in [2.45, 2.75) is 0 Å². The maximum absolute atomic E-state index is 11.1. The van der Waals surface area contributed by atoms with Crippen molar-refractivity contribution in [1.29, 1.82) is 0 Å². The first-order valence-electron chi connectivity index (χ1n) is 4.86. The highest BCUT2D eigenvalue weighted by molar-refractivity contribution is 14.2. The second-order valence-corrected chi connectivity index (χ2v) is 4.63. The zero-order valence-electron chi connectivity index (χ0n) is 8.72. The summed E-state index contributed by atoms with van der Waals surface area (Å²) in [4.78, 5) is 11.1. The summed E-state index contributed by atoms with van der Waals surface area (Å²) in [5.74, 6) is 0.661. The molecule has 17 heavy (non-hydrogen) atoms. The van der Waals surface area contributed by atoms with Gasteiger partial charge in [0.15, 0.2) is 0 Å². The van der Waals surface area contributed by atoms with Crippen molar-refractivity contribution in [1.82, 2.24) is 0 Å². The van der Waals surface area contributed by atoms with E-state index in [0.717, 1.165) is 5.39 Å². The lowest BCUT2D eigenvalue weighted by Crippen LogP contribution is -2.03. The Bertz CT molecular complexity index is 554. The van der Waals surface area contributed by atoms with Crippen LogP contribution in [0.1, 0.15) is 0 Å². The van der Waals surface area contributed by atoms with Gasteiger partial charge in [0.25, 0.3) is 0 Å². The molecule has 1 aromatic carbocycles. The van der Waals surface area contributed by atoms with Crippen molar-refractivity contribution in [3.63, 3.8) is 0 Å². The third-order valence-corrected chi connectivity index (χ3v) is 3.09. The average molecular weight is 364 g/mol. The normalized spacial score (nSPS) is 10.6. The standard InChI is InChI=1S/C11H9IO4S/c12-17-15-6-5-14-9-3-1-8-2-4-11(13)16-10(8)7-9/h1-4,7H,5-6H2. The second-order valence-electron chi connectivity index (χ2n) is 3.19. The van der Waals surface area contributed by atoms with Gasteiger partial charge in [-0.15, -0.1) is 0 Å². The summed E-state index contributed by atoms with van der Waals surface area (Å²) >= 11 is 2.05. The van der Waals surface area contributed by atoms with Gasteiger partial charge in [-0.05, 0) is 18.2 Å². The van der Waals surface area contributed by atoms with E-state index in [1.54, 1.807) is 12.1 Å². The van der Waals surface area contributed by atoms with Crippen LogP contribution < -0.4 is 10.4 Å². The fourth-order valence-corrected chi connectivity index (χ4v) is 2.03. The third-order valence-electron chi connectivity index (χ3n) is 2.07. The molecular formula is C11H9IO4S. The maximum Gasteiger partial charge on any atom is 0.336 e. The quantitative estimate of drug-likeness (QED) is 0.353. The summed E-state index contributed by atoms with van der Waals surface area (Å²) in [6.07, 6.45) is 0. The molecule has 6 heteroatoms. The van der Waals surface area contributed by atoms with Gasteiger partial charge >= 0.3 is 5.63 Å². The summed E-state index contributed by atoms with van der Waals surface area (Å²) in [7, 11) is 1.27. The highest BCUT2D eigenvalue weighted by Crippen LogP contribution is 2.19. The van der Waals surface area contributed by atoms with Gasteiger partial charge < -0.3 is 13.3 Å². The summed E-state index contributed by atoms with van der Waals surface area (Å²) < 4.78 is 15.6. The van der Waals surface area contributed by atoms with Crippen LogP contribution in [0.5, 0.6) is 5.75 Å². The Kier molecular flexibility index (Phi) is 4.69. The zero-order chi connectivity index (χ0) is 12.1. The maximum atomic E-state index is 11.1. The number of hydrogen-bond acceptors (Lipinski definition) is 5. The van der Waals surface area contributed by atoms with Gasteiger partial charge in [0, 0.05) is 38.7 Å². The van der Waals surface area contributed by atoms with Crippen molar-refractivity contribution in [2.24, 2.45) is 0 Å². The first-order valence-corrected chi connectivity index (χ1v) is 8.15. The van der Waals surface area contributed by atoms with E-state index in [2.05, 4.69) is 0 Å². The molecule has 0 radical (unpaired) electrons. The predicted octanol–water partition coefficient (Wildman–Crippen LogP) is 3.19. The Labute approximate surface area is 114 Å². The molecule has 0 aliphatic heterocycles. The van der Waals surface area contributed by atoms with E-state index in [1.165, 1.54) is 15.3 Å². The van der Waals surface area contributed by atoms with Crippen molar-refractivity contribution in [2.75, 3.05) is 13.2 Å². The van der Waals surface area contributed by atoms with Gasteiger partial charge in [0.1, 0.15) is 17.9 Å². The number of benzene rings is 1. The first kappa shape index (κ1) is 12.7. The molecule has 0 atom stereocenters. The number of halogens is 1. The van der Waals surface area contributed by atoms with E-state index in [9.17, 15) is 4.79 Å². The van der Waals surface area contributed by atoms with Crippen molar-refractivity contribution in [3.8, 4) is 5.75 Å². The van der Waals surface area contributed by atoms with Crippen LogP contribution in [-0.4, -0.2) is 13.2 Å². The first-order chi connectivity index (χ1) is 8.29. The molecule has 0 saturated heterocycles. The Morgan fingerprint density at radius 1 is 1.24 bits per heavy atom. The minimum atomic E-state index is -0.362. The van der Waals surface area contributed by atoms with Gasteiger partial charge in [-0.25, -0.2) is 4.79 Å². The van der Waals surface area contributed by atoms with E-state index in [0.29, 0.717) is 24.5 Å². The molecule has 4 nitrogen and oxygen atoms in total. The Morgan fingerprint density at radius 2 is 2.06 bits per heavy atom. The molecule has 1 aromatic heterocycles. The van der Waals surface area contributed by atoms with Gasteiger partial charge in [0.2, 0.25) is 0 Å². The molecule has 0 aliphatic carbocycles. The van der Waals surface area contributed by atoms with Crippen LogP contribution in [0.25, 0.3) is 11.0 Å². The van der Waals surface area contributed by atoms with Gasteiger partial charge in [-0.2, -0.15) is 0 Å². The smallest absolute Gasteiger partial charge is 0.336 e. The summed E-state index contributed by atoms with van der Waals surface area (Å²) in [5.41, 5.74) is 0.165. The molecular weight excluding hydrogens is 355 g/mol. The van der Waals surface area contributed by atoms with Crippen LogP contribution in [0.2, 0.25) is 0 Å². The lowest BCUT2D eigenvalue weighted by Gasteiger charge is -2.05. The molecule has 0 unspecified atom stereocenters. The van der Waals surface area contributed by atoms with E-state index < -0.39 is 0 Å². The minimum Gasteiger partial charge on any atom is -0.491 e. The van der Waals surface area contributed by atoms with Gasteiger partial charge in [0.05, 0.1) is 15.8 Å². The van der Waals surface area contributed by atoms with Crippen molar-refractivity contribution >= 4 is 41.4 Å². The van der Waals surface area contributed by atoms with E-state index >= 15 is 0 Å². The lowest BCUT2D eigenvalue weighted by molar-refractivity contribution is 0.241. The van der Waals surface area contributed by atoms with E-state index in [4.69, 9.17) is 13.3 Å². The van der Waals surface area contributed by atoms with Gasteiger partial charge in [-0.3, -0.25) is 0 Å². The zero-order valence-corrected chi connectivity index (χ0v) is 11.7. The second kappa shape index (κ2) is 6.27. The summed E-state index contributed by atoms with van der Waals surface area (Å²) in [5, 5.41) is 0.871. The SMILES string of the molecule is O=c1ccc2ccc(OCCOSI)cc2o1. The van der Waals surface area contributed by atoms with Crippen LogP contribution in [0.4, 0.5) is 0 Å². The highest BCUT2D eigenvalue weighted by atomic mass is 127. The van der Waals surface area contributed by atoms with Crippen molar-refractivity contribution in [3.05, 3.63) is 40.8 Å². The lowest BCUT2D eigenvalue weighted by atomic mass is 10.2. The largest absolute Gasteiger partial charge is 0.491 e. The molecule has 0 N–H and O–H groups in total. The number of fused-ring (bicyclic) bond motifs is 1. The van der Waals surface area contributed by atoms with Crippen LogP contribution in [0.3, 0.4) is 0 Å². The molecule has 0 bridgehead atoms. The van der Waals surface area contributed by atoms with Crippen LogP contribution in [0.15, 0.2) is 39.5 Å². The molecule has 0 saturated carbocycles. The Hall–Kier alpha value is -0.730. The fourth-order valence-electron chi connectivity index (χ4n) is 1.36. The molecule has 2 aromatic rings. The Balaban J connectivity index is 2.11. The molecule has 90 valence electrons. The molecule has 0 aliphatic rings.